The smallest absolute Gasteiger partial charge is 0.143 e. The van der Waals surface area contributed by atoms with E-state index in [-0.39, 0.29) is 0 Å². The van der Waals surface area contributed by atoms with E-state index < -0.39 is 0 Å². The van der Waals surface area contributed by atoms with Crippen LogP contribution in [0.4, 0.5) is 5.69 Å². The van der Waals surface area contributed by atoms with Crippen molar-refractivity contribution < 1.29 is 4.74 Å². The highest BCUT2D eigenvalue weighted by Gasteiger charge is 2.13. The van der Waals surface area contributed by atoms with E-state index in [0.717, 1.165) is 23.5 Å². The van der Waals surface area contributed by atoms with Crippen LogP contribution in [0.1, 0.15) is 23.9 Å². The number of nitrogens with two attached hydrogens (primary N) is 1. The molecule has 0 radical (unpaired) electrons. The molecular formula is C14H18ClN3O. The second-order valence-electron chi connectivity index (χ2n) is 4.49. The van der Waals surface area contributed by atoms with Gasteiger partial charge in [0, 0.05) is 6.54 Å². The summed E-state index contributed by atoms with van der Waals surface area (Å²) in [4.78, 5) is 0. The van der Waals surface area contributed by atoms with E-state index in [9.17, 15) is 0 Å². The highest BCUT2D eigenvalue weighted by molar-refractivity contribution is 6.31. The molecule has 4 nitrogen and oxygen atoms in total. The van der Waals surface area contributed by atoms with Gasteiger partial charge in [-0.15, -0.1) is 0 Å². The van der Waals surface area contributed by atoms with Gasteiger partial charge in [-0.2, -0.15) is 5.10 Å². The van der Waals surface area contributed by atoms with Crippen molar-refractivity contribution in [2.45, 2.75) is 33.9 Å². The van der Waals surface area contributed by atoms with Crippen molar-refractivity contribution in [2.24, 2.45) is 0 Å². The van der Waals surface area contributed by atoms with Crippen LogP contribution in [-0.2, 0) is 13.2 Å². The zero-order valence-corrected chi connectivity index (χ0v) is 12.2. The summed E-state index contributed by atoms with van der Waals surface area (Å²) in [6.45, 7) is 7.03. The molecule has 102 valence electrons. The Morgan fingerprint density at radius 2 is 2.11 bits per heavy atom. The minimum atomic E-state index is 0.362. The van der Waals surface area contributed by atoms with Crippen LogP contribution in [0.25, 0.3) is 0 Å². The lowest BCUT2D eigenvalue weighted by Gasteiger charge is -2.11. The van der Waals surface area contributed by atoms with E-state index in [1.807, 2.05) is 43.7 Å². The number of nitrogens with zero attached hydrogens (tertiary/aromatic N) is 2. The van der Waals surface area contributed by atoms with Crippen LogP contribution < -0.4 is 10.5 Å². The fourth-order valence-electron chi connectivity index (χ4n) is 1.92. The molecule has 0 saturated carbocycles. The predicted octanol–water partition coefficient (Wildman–Crippen LogP) is 3.33. The van der Waals surface area contributed by atoms with Crippen LogP contribution in [0.3, 0.4) is 0 Å². The van der Waals surface area contributed by atoms with Crippen LogP contribution in [0.5, 0.6) is 5.75 Å². The number of halogens is 1. The number of ether oxygens (including phenoxy) is 1. The second-order valence-corrected chi connectivity index (χ2v) is 4.87. The van der Waals surface area contributed by atoms with Gasteiger partial charge in [-0.1, -0.05) is 17.7 Å². The van der Waals surface area contributed by atoms with Gasteiger partial charge in [0.05, 0.1) is 22.1 Å². The molecule has 2 aromatic rings. The monoisotopic (exact) mass is 279 g/mol. The summed E-state index contributed by atoms with van der Waals surface area (Å²) in [5.74, 6) is 0.678. The molecule has 5 heteroatoms. The lowest BCUT2D eigenvalue weighted by Crippen LogP contribution is -2.07. The first kappa shape index (κ1) is 13.7. The van der Waals surface area contributed by atoms with E-state index in [0.29, 0.717) is 23.1 Å². The first-order valence-corrected chi connectivity index (χ1v) is 6.61. The van der Waals surface area contributed by atoms with Gasteiger partial charge in [0.1, 0.15) is 12.4 Å². The Labute approximate surface area is 118 Å². The zero-order chi connectivity index (χ0) is 14.0. The molecule has 0 amide bonds. The Kier molecular flexibility index (Phi) is 4.00. The molecule has 1 aromatic heterocycles. The van der Waals surface area contributed by atoms with E-state index in [2.05, 4.69) is 5.10 Å². The van der Waals surface area contributed by atoms with Crippen molar-refractivity contribution in [3.05, 3.63) is 40.2 Å². The van der Waals surface area contributed by atoms with Gasteiger partial charge in [0.15, 0.2) is 0 Å². The molecule has 0 saturated heterocycles. The number of aromatic nitrogens is 2. The van der Waals surface area contributed by atoms with Gasteiger partial charge in [0.25, 0.3) is 0 Å². The average molecular weight is 280 g/mol. The Balaban J connectivity index is 2.21. The first-order chi connectivity index (χ1) is 9.02. The topological polar surface area (TPSA) is 53.1 Å². The first-order valence-electron chi connectivity index (χ1n) is 6.23. The molecule has 0 aliphatic heterocycles. The summed E-state index contributed by atoms with van der Waals surface area (Å²) < 4.78 is 7.62. The summed E-state index contributed by atoms with van der Waals surface area (Å²) >= 11 is 6.24. The van der Waals surface area contributed by atoms with E-state index >= 15 is 0 Å². The van der Waals surface area contributed by atoms with Crippen LogP contribution in [0, 0.1) is 13.8 Å². The summed E-state index contributed by atoms with van der Waals surface area (Å²) in [5, 5.41) is 5.01. The third kappa shape index (κ3) is 2.84. The van der Waals surface area contributed by atoms with E-state index in [4.69, 9.17) is 22.1 Å². The molecule has 2 rings (SSSR count). The summed E-state index contributed by atoms with van der Waals surface area (Å²) in [5.41, 5.74) is 9.32. The number of hydrogen-bond acceptors (Lipinski definition) is 3. The lowest BCUT2D eigenvalue weighted by atomic mass is 10.2. The van der Waals surface area contributed by atoms with Gasteiger partial charge >= 0.3 is 0 Å². The summed E-state index contributed by atoms with van der Waals surface area (Å²) in [6, 6.07) is 5.72. The van der Waals surface area contributed by atoms with Crippen molar-refractivity contribution in [1.82, 2.24) is 9.78 Å². The van der Waals surface area contributed by atoms with Crippen LogP contribution >= 0.6 is 11.6 Å². The van der Waals surface area contributed by atoms with Crippen molar-refractivity contribution in [2.75, 3.05) is 5.73 Å². The van der Waals surface area contributed by atoms with E-state index in [1.165, 1.54) is 0 Å². The van der Waals surface area contributed by atoms with E-state index in [1.54, 1.807) is 0 Å². The molecule has 1 heterocycles. The number of hydrogen-bond donors (Lipinski definition) is 1. The molecule has 0 aliphatic rings. The van der Waals surface area contributed by atoms with Crippen molar-refractivity contribution in [1.29, 1.82) is 0 Å². The maximum Gasteiger partial charge on any atom is 0.143 e. The van der Waals surface area contributed by atoms with Crippen molar-refractivity contribution in [3.63, 3.8) is 0 Å². The van der Waals surface area contributed by atoms with Gasteiger partial charge in [-0.3, -0.25) is 4.68 Å². The van der Waals surface area contributed by atoms with Gasteiger partial charge in [0.2, 0.25) is 0 Å². The third-order valence-electron chi connectivity index (χ3n) is 2.99. The largest absolute Gasteiger partial charge is 0.485 e. The normalized spacial score (nSPS) is 10.7. The van der Waals surface area contributed by atoms with Gasteiger partial charge in [-0.25, -0.2) is 0 Å². The Hall–Kier alpha value is -1.68. The summed E-state index contributed by atoms with van der Waals surface area (Å²) in [7, 11) is 0. The number of benzene rings is 1. The van der Waals surface area contributed by atoms with Crippen LogP contribution in [0.15, 0.2) is 18.2 Å². The molecule has 0 fully saturated rings. The molecule has 2 N–H and O–H groups in total. The molecule has 0 atom stereocenters. The second kappa shape index (κ2) is 5.53. The molecule has 0 bridgehead atoms. The maximum absolute atomic E-state index is 6.24. The Bertz CT molecular complexity index is 593. The highest BCUT2D eigenvalue weighted by atomic mass is 35.5. The SMILES string of the molecule is CCn1nc(C)c(Cl)c1COc1cc(C)ccc1N. The molecule has 0 spiro atoms. The average Bonchev–Trinajstić information content (AvgIpc) is 2.66. The molecular weight excluding hydrogens is 262 g/mol. The Morgan fingerprint density at radius 3 is 2.79 bits per heavy atom. The summed E-state index contributed by atoms with van der Waals surface area (Å²) in [6.07, 6.45) is 0. The minimum Gasteiger partial charge on any atom is -0.485 e. The molecule has 0 unspecified atom stereocenters. The van der Waals surface area contributed by atoms with Crippen molar-refractivity contribution >= 4 is 17.3 Å². The maximum atomic E-state index is 6.24. The number of anilines is 1. The van der Waals surface area contributed by atoms with Gasteiger partial charge in [-0.05, 0) is 38.5 Å². The quantitative estimate of drug-likeness (QED) is 0.874. The van der Waals surface area contributed by atoms with Crippen LogP contribution in [0.2, 0.25) is 5.02 Å². The fourth-order valence-corrected chi connectivity index (χ4v) is 2.11. The number of aryl methyl sites for hydroxylation is 3. The minimum absolute atomic E-state index is 0.362. The molecule has 0 aliphatic carbocycles. The molecule has 1 aromatic carbocycles. The third-order valence-corrected chi connectivity index (χ3v) is 3.48. The van der Waals surface area contributed by atoms with Crippen LogP contribution in [-0.4, -0.2) is 9.78 Å². The highest BCUT2D eigenvalue weighted by Crippen LogP contribution is 2.26. The Morgan fingerprint density at radius 1 is 1.37 bits per heavy atom. The van der Waals surface area contributed by atoms with Crippen molar-refractivity contribution in [3.8, 4) is 5.75 Å². The number of rotatable bonds is 4. The fraction of sp³-hybridized carbons (Fsp3) is 0.357. The van der Waals surface area contributed by atoms with Gasteiger partial charge < -0.3 is 10.5 Å². The predicted molar refractivity (Wildman–Crippen MR) is 77.6 cm³/mol. The number of nitrogen functional groups attached to an aromatic ring is 1. The lowest BCUT2D eigenvalue weighted by molar-refractivity contribution is 0.294. The molecule has 19 heavy (non-hydrogen) atoms. The standard InChI is InChI=1S/C14H18ClN3O/c1-4-18-12(14(15)10(3)17-18)8-19-13-7-9(2)5-6-11(13)16/h5-7H,4,8,16H2,1-3H3. The zero-order valence-electron chi connectivity index (χ0n) is 11.4.